The maximum absolute atomic E-state index is 13.0. The number of amides is 1. The number of benzene rings is 1. The minimum Gasteiger partial charge on any atom is -0.443 e. The van der Waals surface area contributed by atoms with Gasteiger partial charge >= 0.3 is 0 Å². The van der Waals surface area contributed by atoms with Gasteiger partial charge in [0.05, 0.1) is 6.04 Å². The largest absolute Gasteiger partial charge is 0.443 e. The van der Waals surface area contributed by atoms with Crippen LogP contribution in [0.5, 0.6) is 0 Å². The Bertz CT molecular complexity index is 800. The van der Waals surface area contributed by atoms with Gasteiger partial charge in [-0.1, -0.05) is 0 Å². The molecule has 0 aliphatic rings. The van der Waals surface area contributed by atoms with Gasteiger partial charge in [0, 0.05) is 18.0 Å². The third kappa shape index (κ3) is 3.26. The smallest absolute Gasteiger partial charge is 0.274 e. The van der Waals surface area contributed by atoms with Crippen molar-refractivity contribution < 1.29 is 13.6 Å². The number of pyridine rings is 1. The first-order chi connectivity index (χ1) is 11.1. The molecule has 5 nitrogen and oxygen atoms in total. The highest BCUT2D eigenvalue weighted by Crippen LogP contribution is 2.24. The van der Waals surface area contributed by atoms with Gasteiger partial charge in [0.25, 0.3) is 5.91 Å². The molecule has 0 spiro atoms. The summed E-state index contributed by atoms with van der Waals surface area (Å²) in [4.78, 5) is 20.4. The summed E-state index contributed by atoms with van der Waals surface area (Å²) in [5, 5.41) is 2.86. The van der Waals surface area contributed by atoms with Crippen LogP contribution < -0.4 is 5.32 Å². The number of hydrogen-bond acceptors (Lipinski definition) is 4. The Labute approximate surface area is 132 Å². The second-order valence-electron chi connectivity index (χ2n) is 5.01. The Morgan fingerprint density at radius 2 is 1.87 bits per heavy atom. The number of oxazole rings is 1. The first-order valence-corrected chi connectivity index (χ1v) is 7.05. The first kappa shape index (κ1) is 14.9. The fraction of sp³-hybridized carbons (Fsp3) is 0.118. The predicted octanol–water partition coefficient (Wildman–Crippen LogP) is 3.37. The van der Waals surface area contributed by atoms with Crippen LogP contribution in [0.25, 0.3) is 11.3 Å². The van der Waals surface area contributed by atoms with E-state index in [0.717, 1.165) is 5.56 Å². The molecule has 3 aromatic rings. The lowest BCUT2D eigenvalue weighted by molar-refractivity contribution is 0.0935. The van der Waals surface area contributed by atoms with E-state index < -0.39 is 0 Å². The standard InChI is InChI=1S/C17H14FN3O2/c1-11(12-6-8-19-9-7-12)21-17(22)15-16(23-10-20-15)13-2-4-14(18)5-3-13/h2-11H,1H3,(H,21,22)/t11-/m1/s1. The van der Waals surface area contributed by atoms with E-state index in [2.05, 4.69) is 15.3 Å². The van der Waals surface area contributed by atoms with Crippen molar-refractivity contribution in [2.45, 2.75) is 13.0 Å². The van der Waals surface area contributed by atoms with E-state index in [1.54, 1.807) is 24.5 Å². The Morgan fingerprint density at radius 3 is 2.57 bits per heavy atom. The molecule has 0 saturated heterocycles. The Morgan fingerprint density at radius 1 is 1.17 bits per heavy atom. The highest BCUT2D eigenvalue weighted by Gasteiger charge is 2.20. The SMILES string of the molecule is C[C@@H](NC(=O)c1ncoc1-c1ccc(F)cc1)c1ccncc1. The molecule has 0 unspecified atom stereocenters. The van der Waals surface area contributed by atoms with Crippen molar-refractivity contribution in [3.63, 3.8) is 0 Å². The second-order valence-corrected chi connectivity index (χ2v) is 5.01. The molecule has 0 aliphatic carbocycles. The summed E-state index contributed by atoms with van der Waals surface area (Å²) >= 11 is 0. The fourth-order valence-electron chi connectivity index (χ4n) is 2.21. The topological polar surface area (TPSA) is 68.0 Å². The van der Waals surface area contributed by atoms with E-state index in [-0.39, 0.29) is 23.5 Å². The van der Waals surface area contributed by atoms with Gasteiger partial charge in [-0.15, -0.1) is 0 Å². The minimum atomic E-state index is -0.359. The van der Waals surface area contributed by atoms with Crippen LogP contribution in [-0.4, -0.2) is 15.9 Å². The van der Waals surface area contributed by atoms with Crippen molar-refractivity contribution in [2.24, 2.45) is 0 Å². The lowest BCUT2D eigenvalue weighted by Gasteiger charge is -2.13. The Hall–Kier alpha value is -3.02. The van der Waals surface area contributed by atoms with Crippen molar-refractivity contribution in [3.05, 3.63) is 72.3 Å². The molecular weight excluding hydrogens is 297 g/mol. The van der Waals surface area contributed by atoms with E-state index in [0.29, 0.717) is 11.3 Å². The molecule has 0 saturated carbocycles. The summed E-state index contributed by atoms with van der Waals surface area (Å²) in [5.41, 5.74) is 1.68. The third-order valence-electron chi connectivity index (χ3n) is 3.44. The van der Waals surface area contributed by atoms with Crippen LogP contribution in [-0.2, 0) is 0 Å². The molecule has 2 heterocycles. The number of hydrogen-bond donors (Lipinski definition) is 1. The van der Waals surface area contributed by atoms with E-state index >= 15 is 0 Å². The minimum absolute atomic E-state index is 0.164. The van der Waals surface area contributed by atoms with Crippen molar-refractivity contribution in [1.29, 1.82) is 0 Å². The number of carbonyl (C=O) groups excluding carboxylic acids is 1. The number of aromatic nitrogens is 2. The molecule has 23 heavy (non-hydrogen) atoms. The lowest BCUT2D eigenvalue weighted by atomic mass is 10.1. The first-order valence-electron chi connectivity index (χ1n) is 7.05. The summed E-state index contributed by atoms with van der Waals surface area (Å²) < 4.78 is 18.3. The van der Waals surface area contributed by atoms with Crippen LogP contribution in [0, 0.1) is 5.82 Å². The molecule has 1 amide bonds. The summed E-state index contributed by atoms with van der Waals surface area (Å²) in [5.74, 6) is -0.405. The number of carbonyl (C=O) groups is 1. The van der Waals surface area contributed by atoms with Gasteiger partial charge in [-0.05, 0) is 48.9 Å². The van der Waals surface area contributed by atoms with Gasteiger partial charge in [-0.2, -0.15) is 0 Å². The van der Waals surface area contributed by atoms with E-state index in [1.165, 1.54) is 18.5 Å². The fourth-order valence-corrected chi connectivity index (χ4v) is 2.21. The molecule has 0 aliphatic heterocycles. The van der Waals surface area contributed by atoms with Crippen LogP contribution in [0.1, 0.15) is 29.0 Å². The van der Waals surface area contributed by atoms with Crippen LogP contribution in [0.2, 0.25) is 0 Å². The maximum atomic E-state index is 13.0. The summed E-state index contributed by atoms with van der Waals surface area (Å²) in [6, 6.07) is 9.14. The predicted molar refractivity (Wildman–Crippen MR) is 82.0 cm³/mol. The van der Waals surface area contributed by atoms with Gasteiger partial charge < -0.3 is 9.73 Å². The van der Waals surface area contributed by atoms with Crippen LogP contribution in [0.3, 0.4) is 0 Å². The molecule has 116 valence electrons. The number of rotatable bonds is 4. The van der Waals surface area contributed by atoms with Crippen molar-refractivity contribution in [3.8, 4) is 11.3 Å². The molecule has 0 radical (unpaired) electrons. The van der Waals surface area contributed by atoms with Crippen molar-refractivity contribution in [1.82, 2.24) is 15.3 Å². The summed E-state index contributed by atoms with van der Waals surface area (Å²) in [6.07, 6.45) is 4.53. The number of halogens is 1. The van der Waals surface area contributed by atoms with E-state index in [9.17, 15) is 9.18 Å². The zero-order valence-electron chi connectivity index (χ0n) is 12.4. The van der Waals surface area contributed by atoms with Gasteiger partial charge in [-0.25, -0.2) is 9.37 Å². The van der Waals surface area contributed by atoms with E-state index in [1.807, 2.05) is 19.1 Å². The zero-order valence-corrected chi connectivity index (χ0v) is 12.4. The van der Waals surface area contributed by atoms with Crippen molar-refractivity contribution in [2.75, 3.05) is 0 Å². The Balaban J connectivity index is 1.81. The van der Waals surface area contributed by atoms with Crippen LogP contribution in [0.4, 0.5) is 4.39 Å². The highest BCUT2D eigenvalue weighted by molar-refractivity contribution is 5.97. The molecule has 1 aromatic carbocycles. The number of nitrogens with zero attached hydrogens (tertiary/aromatic N) is 2. The maximum Gasteiger partial charge on any atom is 0.274 e. The average molecular weight is 311 g/mol. The molecule has 0 bridgehead atoms. The number of nitrogens with one attached hydrogen (secondary N) is 1. The molecule has 3 rings (SSSR count). The normalized spacial score (nSPS) is 11.9. The van der Waals surface area contributed by atoms with E-state index in [4.69, 9.17) is 4.42 Å². The molecule has 2 aromatic heterocycles. The van der Waals surface area contributed by atoms with Gasteiger partial charge in [0.2, 0.25) is 0 Å². The zero-order chi connectivity index (χ0) is 16.2. The Kier molecular flexibility index (Phi) is 4.14. The molecular formula is C17H14FN3O2. The van der Waals surface area contributed by atoms with Gasteiger partial charge in [-0.3, -0.25) is 9.78 Å². The van der Waals surface area contributed by atoms with Crippen LogP contribution in [0.15, 0.2) is 59.6 Å². The average Bonchev–Trinajstić information content (AvgIpc) is 3.06. The van der Waals surface area contributed by atoms with Gasteiger partial charge in [0.15, 0.2) is 17.8 Å². The molecule has 6 heteroatoms. The van der Waals surface area contributed by atoms with Crippen molar-refractivity contribution >= 4 is 5.91 Å². The van der Waals surface area contributed by atoms with Gasteiger partial charge in [0.1, 0.15) is 5.82 Å². The van der Waals surface area contributed by atoms with Crippen LogP contribution >= 0.6 is 0 Å². The monoisotopic (exact) mass is 311 g/mol. The quantitative estimate of drug-likeness (QED) is 0.802. The summed E-state index contributed by atoms with van der Waals surface area (Å²) in [7, 11) is 0. The molecule has 1 atom stereocenters. The molecule has 0 fully saturated rings. The lowest BCUT2D eigenvalue weighted by Crippen LogP contribution is -2.27. The second kappa shape index (κ2) is 6.39. The molecule has 1 N–H and O–H groups in total. The highest BCUT2D eigenvalue weighted by atomic mass is 19.1. The third-order valence-corrected chi connectivity index (χ3v) is 3.44. The summed E-state index contributed by atoms with van der Waals surface area (Å²) in [6.45, 7) is 1.87.